The van der Waals surface area contributed by atoms with Crippen molar-refractivity contribution in [3.63, 3.8) is 0 Å². The molecule has 0 spiro atoms. The summed E-state index contributed by atoms with van der Waals surface area (Å²) in [7, 11) is 0. The van der Waals surface area contributed by atoms with Crippen LogP contribution in [0.25, 0.3) is 0 Å². The van der Waals surface area contributed by atoms with E-state index < -0.39 is 18.0 Å². The molecule has 1 saturated heterocycles. The highest BCUT2D eigenvalue weighted by Gasteiger charge is 2.32. The molecule has 0 unspecified atom stereocenters. The van der Waals surface area contributed by atoms with Gasteiger partial charge in [0.25, 0.3) is 5.91 Å². The summed E-state index contributed by atoms with van der Waals surface area (Å²) in [5, 5.41) is 0. The predicted octanol–water partition coefficient (Wildman–Crippen LogP) is 3.72. The number of aromatic amines is 1. The van der Waals surface area contributed by atoms with Crippen molar-refractivity contribution in [2.24, 2.45) is 0 Å². The molecule has 0 aliphatic carbocycles. The summed E-state index contributed by atoms with van der Waals surface area (Å²) < 4.78 is 10.8. The van der Waals surface area contributed by atoms with Gasteiger partial charge in [-0.25, -0.2) is 9.59 Å². The number of benzene rings is 1. The molecule has 3 rings (SSSR count). The van der Waals surface area contributed by atoms with Crippen molar-refractivity contribution in [1.82, 2.24) is 9.88 Å². The first-order chi connectivity index (χ1) is 14.4. The second-order valence-corrected chi connectivity index (χ2v) is 7.43. The molecule has 7 nitrogen and oxygen atoms in total. The van der Waals surface area contributed by atoms with E-state index in [0.717, 1.165) is 19.3 Å². The highest BCUT2D eigenvalue weighted by Crippen LogP contribution is 2.26. The maximum absolute atomic E-state index is 13.2. The number of nitrogens with one attached hydrogen (secondary N) is 1. The van der Waals surface area contributed by atoms with Crippen LogP contribution in [-0.4, -0.2) is 47.4 Å². The molecule has 7 heteroatoms. The second kappa shape index (κ2) is 9.61. The molecule has 1 N–H and O–H groups in total. The van der Waals surface area contributed by atoms with Crippen LogP contribution in [0.2, 0.25) is 0 Å². The summed E-state index contributed by atoms with van der Waals surface area (Å²) in [5.74, 6) is -1.39. The molecule has 1 aliphatic rings. The van der Waals surface area contributed by atoms with Crippen LogP contribution in [0.1, 0.15) is 70.0 Å². The van der Waals surface area contributed by atoms with Crippen molar-refractivity contribution in [1.29, 1.82) is 0 Å². The van der Waals surface area contributed by atoms with Crippen LogP contribution in [0, 0.1) is 13.8 Å². The van der Waals surface area contributed by atoms with Gasteiger partial charge < -0.3 is 19.4 Å². The Kier molecular flexibility index (Phi) is 6.92. The van der Waals surface area contributed by atoms with Gasteiger partial charge in [0.15, 0.2) is 0 Å². The highest BCUT2D eigenvalue weighted by molar-refractivity contribution is 5.99. The number of carbonyl (C=O) groups is 3. The molecule has 1 atom stereocenters. The Morgan fingerprint density at radius 2 is 1.70 bits per heavy atom. The summed E-state index contributed by atoms with van der Waals surface area (Å²) in [5.41, 5.74) is 2.07. The first-order valence-corrected chi connectivity index (χ1v) is 10.3. The topological polar surface area (TPSA) is 88.7 Å². The number of aryl methyl sites for hydroxylation is 1. The van der Waals surface area contributed by atoms with E-state index in [2.05, 4.69) is 4.98 Å². The Labute approximate surface area is 176 Å². The fraction of sp³-hybridized carbons (Fsp3) is 0.435. The number of aromatic nitrogens is 1. The number of ether oxygens (including phenoxy) is 2. The summed E-state index contributed by atoms with van der Waals surface area (Å²) in [6, 6.07) is 9.01. The predicted molar refractivity (Wildman–Crippen MR) is 111 cm³/mol. The fourth-order valence-corrected chi connectivity index (χ4v) is 3.80. The van der Waals surface area contributed by atoms with Crippen molar-refractivity contribution in [2.75, 3.05) is 19.7 Å². The standard InChI is InChI=1S/C23H28N2O5/c1-4-29-22(27)18-15(2)19(24-16(18)3)23(28)30-20(17-11-7-5-8-12-17)21(26)25-13-9-6-10-14-25/h5,7-8,11-12,20,24H,4,6,9-10,13-14H2,1-3H3/t20-/m1/s1. The van der Waals surface area contributed by atoms with Crippen LogP contribution in [0.15, 0.2) is 30.3 Å². The zero-order valence-electron chi connectivity index (χ0n) is 17.7. The van der Waals surface area contributed by atoms with Crippen molar-refractivity contribution in [3.8, 4) is 0 Å². The summed E-state index contributed by atoms with van der Waals surface area (Å²) in [6.07, 6.45) is 1.95. The zero-order valence-corrected chi connectivity index (χ0v) is 17.7. The van der Waals surface area contributed by atoms with Gasteiger partial charge in [-0.05, 0) is 45.6 Å². The summed E-state index contributed by atoms with van der Waals surface area (Å²) in [6.45, 7) is 6.64. The lowest BCUT2D eigenvalue weighted by molar-refractivity contribution is -0.142. The lowest BCUT2D eigenvalue weighted by atomic mass is 10.1. The minimum Gasteiger partial charge on any atom is -0.462 e. The lowest BCUT2D eigenvalue weighted by Gasteiger charge is -2.30. The van der Waals surface area contributed by atoms with Gasteiger partial charge >= 0.3 is 11.9 Å². The van der Waals surface area contributed by atoms with Crippen LogP contribution in [0.4, 0.5) is 0 Å². The average molecular weight is 412 g/mol. The van der Waals surface area contributed by atoms with Crippen LogP contribution in [-0.2, 0) is 14.3 Å². The number of rotatable bonds is 6. The van der Waals surface area contributed by atoms with Gasteiger partial charge in [-0.2, -0.15) is 0 Å². The maximum Gasteiger partial charge on any atom is 0.356 e. The van der Waals surface area contributed by atoms with Crippen LogP contribution >= 0.6 is 0 Å². The summed E-state index contributed by atoms with van der Waals surface area (Å²) in [4.78, 5) is 43.1. The van der Waals surface area contributed by atoms with Crippen molar-refractivity contribution in [2.45, 2.75) is 46.1 Å². The van der Waals surface area contributed by atoms with E-state index in [0.29, 0.717) is 35.5 Å². The number of nitrogens with zero attached hydrogens (tertiary/aromatic N) is 1. The smallest absolute Gasteiger partial charge is 0.356 e. The molecule has 2 aromatic rings. The number of hydrogen-bond donors (Lipinski definition) is 1. The number of likely N-dealkylation sites (tertiary alicyclic amines) is 1. The lowest BCUT2D eigenvalue weighted by Crippen LogP contribution is -2.40. The van der Waals surface area contributed by atoms with Crippen molar-refractivity contribution < 1.29 is 23.9 Å². The molecule has 2 heterocycles. The average Bonchev–Trinajstić information content (AvgIpc) is 3.07. The maximum atomic E-state index is 13.2. The van der Waals surface area contributed by atoms with Crippen LogP contribution < -0.4 is 0 Å². The molecular weight excluding hydrogens is 384 g/mol. The third-order valence-corrected chi connectivity index (χ3v) is 5.34. The van der Waals surface area contributed by atoms with Gasteiger partial charge in [0.05, 0.1) is 12.2 Å². The Hall–Kier alpha value is -3.09. The normalized spacial score (nSPS) is 14.8. The summed E-state index contributed by atoms with van der Waals surface area (Å²) >= 11 is 0. The molecule has 1 aromatic heterocycles. The minimum atomic E-state index is -1.04. The molecule has 0 radical (unpaired) electrons. The van der Waals surface area contributed by atoms with E-state index in [1.807, 2.05) is 18.2 Å². The molecule has 1 fully saturated rings. The van der Waals surface area contributed by atoms with E-state index >= 15 is 0 Å². The van der Waals surface area contributed by atoms with Gasteiger partial charge in [0, 0.05) is 24.3 Å². The number of carbonyl (C=O) groups excluding carboxylic acids is 3. The molecule has 1 amide bonds. The number of hydrogen-bond acceptors (Lipinski definition) is 5. The fourth-order valence-electron chi connectivity index (χ4n) is 3.80. The number of piperidine rings is 1. The van der Waals surface area contributed by atoms with Gasteiger partial charge in [-0.1, -0.05) is 30.3 Å². The third-order valence-electron chi connectivity index (χ3n) is 5.34. The number of H-pyrrole nitrogens is 1. The number of esters is 2. The molecular formula is C23H28N2O5. The third kappa shape index (κ3) is 4.56. The highest BCUT2D eigenvalue weighted by atomic mass is 16.5. The van der Waals surface area contributed by atoms with E-state index in [-0.39, 0.29) is 18.2 Å². The van der Waals surface area contributed by atoms with E-state index in [9.17, 15) is 14.4 Å². The largest absolute Gasteiger partial charge is 0.462 e. The minimum absolute atomic E-state index is 0.155. The van der Waals surface area contributed by atoms with E-state index in [4.69, 9.17) is 9.47 Å². The van der Waals surface area contributed by atoms with Crippen molar-refractivity contribution in [3.05, 3.63) is 58.4 Å². The molecule has 0 bridgehead atoms. The van der Waals surface area contributed by atoms with Gasteiger partial charge in [-0.3, -0.25) is 4.79 Å². The zero-order chi connectivity index (χ0) is 21.7. The van der Waals surface area contributed by atoms with Gasteiger partial charge in [0.2, 0.25) is 6.10 Å². The van der Waals surface area contributed by atoms with Crippen LogP contribution in [0.5, 0.6) is 0 Å². The SMILES string of the molecule is CCOC(=O)c1c(C)[nH]c(C(=O)O[C@@H](C(=O)N2CCCCC2)c2ccccc2)c1C. The first-order valence-electron chi connectivity index (χ1n) is 10.3. The van der Waals surface area contributed by atoms with Gasteiger partial charge in [-0.15, -0.1) is 0 Å². The monoisotopic (exact) mass is 412 g/mol. The van der Waals surface area contributed by atoms with Crippen molar-refractivity contribution >= 4 is 17.8 Å². The van der Waals surface area contributed by atoms with Gasteiger partial charge in [0.1, 0.15) is 5.69 Å². The Bertz CT molecular complexity index is 913. The Morgan fingerprint density at radius 3 is 2.33 bits per heavy atom. The van der Waals surface area contributed by atoms with E-state index in [1.54, 1.807) is 37.8 Å². The Balaban J connectivity index is 1.88. The molecule has 30 heavy (non-hydrogen) atoms. The quantitative estimate of drug-likeness (QED) is 0.731. The van der Waals surface area contributed by atoms with E-state index in [1.165, 1.54) is 0 Å². The molecule has 1 aliphatic heterocycles. The second-order valence-electron chi connectivity index (χ2n) is 7.43. The molecule has 1 aromatic carbocycles. The molecule has 160 valence electrons. The first kappa shape index (κ1) is 21.6. The van der Waals surface area contributed by atoms with Crippen LogP contribution in [0.3, 0.4) is 0 Å². The Morgan fingerprint density at radius 1 is 1.03 bits per heavy atom. The molecule has 0 saturated carbocycles. The number of amides is 1.